The minimum atomic E-state index is 0.127. The molecule has 13 heavy (non-hydrogen) atoms. The van der Waals surface area contributed by atoms with Crippen LogP contribution in [0.1, 0.15) is 19.8 Å². The van der Waals surface area contributed by atoms with Crippen molar-refractivity contribution in [3.63, 3.8) is 0 Å². The second-order valence-corrected chi connectivity index (χ2v) is 2.90. The Morgan fingerprint density at radius 3 is 2.77 bits per heavy atom. The average Bonchev–Trinajstić information content (AvgIpc) is 2.14. The van der Waals surface area contributed by atoms with Gasteiger partial charge in [-0.3, -0.25) is 4.79 Å². The molecule has 0 atom stereocenters. The van der Waals surface area contributed by atoms with Crippen molar-refractivity contribution in [1.29, 1.82) is 0 Å². The molecule has 0 aromatic carbocycles. The van der Waals surface area contributed by atoms with Gasteiger partial charge >= 0.3 is 0 Å². The Morgan fingerprint density at radius 1 is 1.54 bits per heavy atom. The van der Waals surface area contributed by atoms with E-state index in [1.54, 1.807) is 11.9 Å². The zero-order valence-electron chi connectivity index (χ0n) is 8.58. The minimum Gasteiger partial charge on any atom is -0.381 e. The van der Waals surface area contributed by atoms with E-state index in [1.807, 2.05) is 6.92 Å². The van der Waals surface area contributed by atoms with E-state index in [4.69, 9.17) is 10.5 Å². The van der Waals surface area contributed by atoms with E-state index in [-0.39, 0.29) is 5.91 Å². The lowest BCUT2D eigenvalue weighted by atomic mass is 10.3. The van der Waals surface area contributed by atoms with Gasteiger partial charge in [0.25, 0.3) is 0 Å². The number of ether oxygens (including phenoxy) is 1. The van der Waals surface area contributed by atoms with Crippen LogP contribution in [-0.4, -0.2) is 44.2 Å². The Labute approximate surface area is 80.0 Å². The Hall–Kier alpha value is -0.610. The molecule has 0 unspecified atom stereocenters. The second-order valence-electron chi connectivity index (χ2n) is 2.90. The summed E-state index contributed by atoms with van der Waals surface area (Å²) in [7, 11) is 1.80. The van der Waals surface area contributed by atoms with Crippen LogP contribution in [0.15, 0.2) is 0 Å². The molecular weight excluding hydrogens is 168 g/mol. The van der Waals surface area contributed by atoms with Crippen molar-refractivity contribution in [2.75, 3.05) is 33.4 Å². The molecule has 0 aliphatic heterocycles. The summed E-state index contributed by atoms with van der Waals surface area (Å²) in [4.78, 5) is 13.0. The van der Waals surface area contributed by atoms with Crippen LogP contribution >= 0.6 is 0 Å². The summed E-state index contributed by atoms with van der Waals surface area (Å²) in [5.74, 6) is 0.127. The molecule has 0 spiro atoms. The summed E-state index contributed by atoms with van der Waals surface area (Å²) in [6.07, 6.45) is 1.33. The van der Waals surface area contributed by atoms with Gasteiger partial charge in [-0.2, -0.15) is 0 Å². The third kappa shape index (κ3) is 6.54. The number of carbonyl (C=O) groups excluding carboxylic acids is 1. The van der Waals surface area contributed by atoms with Crippen molar-refractivity contribution < 1.29 is 9.53 Å². The zero-order chi connectivity index (χ0) is 10.1. The lowest BCUT2D eigenvalue weighted by Gasteiger charge is -2.16. The molecule has 4 nitrogen and oxygen atoms in total. The van der Waals surface area contributed by atoms with Crippen molar-refractivity contribution in [3.8, 4) is 0 Å². The van der Waals surface area contributed by atoms with E-state index in [2.05, 4.69) is 0 Å². The van der Waals surface area contributed by atoms with Crippen LogP contribution in [0, 0.1) is 0 Å². The average molecular weight is 188 g/mol. The van der Waals surface area contributed by atoms with Crippen molar-refractivity contribution in [2.24, 2.45) is 5.73 Å². The van der Waals surface area contributed by atoms with Crippen LogP contribution < -0.4 is 5.73 Å². The number of nitrogens with zero attached hydrogens (tertiary/aromatic N) is 1. The van der Waals surface area contributed by atoms with Crippen molar-refractivity contribution in [2.45, 2.75) is 19.8 Å². The van der Waals surface area contributed by atoms with E-state index in [9.17, 15) is 4.79 Å². The SMILES string of the molecule is CCOCCC(=O)N(C)CCCN. The van der Waals surface area contributed by atoms with Gasteiger partial charge in [0, 0.05) is 20.2 Å². The van der Waals surface area contributed by atoms with Crippen LogP contribution in [0.5, 0.6) is 0 Å². The van der Waals surface area contributed by atoms with E-state index in [1.165, 1.54) is 0 Å². The molecule has 78 valence electrons. The van der Waals surface area contributed by atoms with Gasteiger partial charge in [-0.05, 0) is 19.9 Å². The van der Waals surface area contributed by atoms with Crippen molar-refractivity contribution in [3.05, 3.63) is 0 Å². The summed E-state index contributed by atoms with van der Waals surface area (Å²) >= 11 is 0. The highest BCUT2D eigenvalue weighted by Gasteiger charge is 2.06. The Morgan fingerprint density at radius 2 is 2.23 bits per heavy atom. The summed E-state index contributed by atoms with van der Waals surface area (Å²) in [5.41, 5.74) is 5.34. The van der Waals surface area contributed by atoms with Gasteiger partial charge in [-0.25, -0.2) is 0 Å². The fraction of sp³-hybridized carbons (Fsp3) is 0.889. The monoisotopic (exact) mass is 188 g/mol. The van der Waals surface area contributed by atoms with Crippen LogP contribution in [0.4, 0.5) is 0 Å². The molecule has 0 aliphatic carbocycles. The normalized spacial score (nSPS) is 10.1. The molecule has 0 aliphatic rings. The van der Waals surface area contributed by atoms with Gasteiger partial charge in [0.05, 0.1) is 13.0 Å². The molecule has 1 amide bonds. The fourth-order valence-corrected chi connectivity index (χ4v) is 0.948. The van der Waals surface area contributed by atoms with E-state index >= 15 is 0 Å². The molecule has 0 heterocycles. The number of hydrogen-bond donors (Lipinski definition) is 1. The smallest absolute Gasteiger partial charge is 0.224 e. The summed E-state index contributed by atoms with van der Waals surface area (Å²) < 4.78 is 5.09. The highest BCUT2D eigenvalue weighted by molar-refractivity contribution is 5.75. The summed E-state index contributed by atoms with van der Waals surface area (Å²) in [6, 6.07) is 0. The van der Waals surface area contributed by atoms with Crippen LogP contribution in [0.25, 0.3) is 0 Å². The van der Waals surface area contributed by atoms with Crippen LogP contribution in [0.2, 0.25) is 0 Å². The van der Waals surface area contributed by atoms with Crippen molar-refractivity contribution in [1.82, 2.24) is 4.90 Å². The van der Waals surface area contributed by atoms with Gasteiger partial charge < -0.3 is 15.4 Å². The quantitative estimate of drug-likeness (QED) is 0.581. The summed E-state index contributed by atoms with van der Waals surface area (Å²) in [6.45, 7) is 4.47. The van der Waals surface area contributed by atoms with Gasteiger partial charge in [-0.1, -0.05) is 0 Å². The summed E-state index contributed by atoms with van der Waals surface area (Å²) in [5, 5.41) is 0. The fourth-order valence-electron chi connectivity index (χ4n) is 0.948. The molecule has 0 saturated heterocycles. The van der Waals surface area contributed by atoms with E-state index in [0.717, 1.165) is 13.0 Å². The molecule has 0 saturated carbocycles. The first kappa shape index (κ1) is 12.4. The predicted molar refractivity (Wildman–Crippen MR) is 52.4 cm³/mol. The minimum absolute atomic E-state index is 0.127. The lowest BCUT2D eigenvalue weighted by molar-refractivity contribution is -0.131. The molecule has 0 radical (unpaired) electrons. The molecule has 0 fully saturated rings. The van der Waals surface area contributed by atoms with E-state index < -0.39 is 0 Å². The lowest BCUT2D eigenvalue weighted by Crippen LogP contribution is -2.29. The topological polar surface area (TPSA) is 55.6 Å². The zero-order valence-corrected chi connectivity index (χ0v) is 8.58. The predicted octanol–water partition coefficient (Wildman–Crippen LogP) is 0.220. The van der Waals surface area contributed by atoms with Crippen LogP contribution in [-0.2, 0) is 9.53 Å². The maximum Gasteiger partial charge on any atom is 0.224 e. The molecule has 0 rings (SSSR count). The highest BCUT2D eigenvalue weighted by atomic mass is 16.5. The van der Waals surface area contributed by atoms with Crippen molar-refractivity contribution >= 4 is 5.91 Å². The largest absolute Gasteiger partial charge is 0.381 e. The molecule has 0 bridgehead atoms. The number of carbonyl (C=O) groups is 1. The highest BCUT2D eigenvalue weighted by Crippen LogP contribution is 1.93. The Kier molecular flexibility index (Phi) is 7.63. The van der Waals surface area contributed by atoms with Crippen LogP contribution in [0.3, 0.4) is 0 Å². The van der Waals surface area contributed by atoms with Gasteiger partial charge in [0.2, 0.25) is 5.91 Å². The molecule has 0 aromatic rings. The maximum atomic E-state index is 11.3. The first-order valence-corrected chi connectivity index (χ1v) is 4.74. The molecule has 4 heteroatoms. The van der Waals surface area contributed by atoms with E-state index in [0.29, 0.717) is 26.2 Å². The number of hydrogen-bond acceptors (Lipinski definition) is 3. The molecule has 2 N–H and O–H groups in total. The first-order valence-electron chi connectivity index (χ1n) is 4.74. The maximum absolute atomic E-state index is 11.3. The number of rotatable bonds is 7. The second kappa shape index (κ2) is 8.01. The Bertz CT molecular complexity index is 140. The number of amides is 1. The van der Waals surface area contributed by atoms with Gasteiger partial charge in [-0.15, -0.1) is 0 Å². The Balaban J connectivity index is 3.45. The third-order valence-electron chi connectivity index (χ3n) is 1.79. The first-order chi connectivity index (χ1) is 6.22. The van der Waals surface area contributed by atoms with Gasteiger partial charge in [0.15, 0.2) is 0 Å². The number of nitrogens with two attached hydrogens (primary N) is 1. The molecular formula is C9H20N2O2. The third-order valence-corrected chi connectivity index (χ3v) is 1.79. The van der Waals surface area contributed by atoms with Gasteiger partial charge in [0.1, 0.15) is 0 Å². The standard InChI is InChI=1S/C9H20N2O2/c1-3-13-8-5-9(12)11(2)7-4-6-10/h3-8,10H2,1-2H3. The molecule has 0 aromatic heterocycles.